The molecule has 4 nitrogen and oxygen atoms in total. The molecule has 1 unspecified atom stereocenters. The average molecular weight is 403 g/mol. The number of benzene rings is 2. The number of hydrogen-bond donors (Lipinski definition) is 0. The van der Waals surface area contributed by atoms with Gasteiger partial charge in [0.25, 0.3) is 0 Å². The summed E-state index contributed by atoms with van der Waals surface area (Å²) in [5.41, 5.74) is 1.93. The molecule has 1 atom stereocenters. The van der Waals surface area contributed by atoms with E-state index in [9.17, 15) is 4.79 Å². The van der Waals surface area contributed by atoms with Gasteiger partial charge in [-0.05, 0) is 56.7 Å². The second-order valence-electron chi connectivity index (χ2n) is 7.51. The number of esters is 1. The molecule has 152 valence electrons. The van der Waals surface area contributed by atoms with E-state index in [1.807, 2.05) is 44.7 Å². The molecular weight excluding hydrogens is 372 g/mol. The highest BCUT2D eigenvalue weighted by molar-refractivity contribution is 7.98. The van der Waals surface area contributed by atoms with Crippen molar-refractivity contribution < 1.29 is 19.0 Å². The van der Waals surface area contributed by atoms with Gasteiger partial charge in [-0.15, -0.1) is 0 Å². The van der Waals surface area contributed by atoms with Crippen LogP contribution < -0.4 is 9.47 Å². The standard InChI is InChI=1S/C23H30O4S/c1-6-21(28-5)18-12-10-17(11-13-18)15-25-19-8-7-9-20(14-19)26-16-22(24)27-23(2,3)4/h7-14,21H,6,15-16H2,1-5H3. The molecule has 0 saturated heterocycles. The van der Waals surface area contributed by atoms with Crippen LogP contribution >= 0.6 is 11.8 Å². The van der Waals surface area contributed by atoms with Crippen LogP contribution in [0.5, 0.6) is 11.5 Å². The Kier molecular flexibility index (Phi) is 8.24. The van der Waals surface area contributed by atoms with Crippen LogP contribution in [-0.4, -0.2) is 24.4 Å². The largest absolute Gasteiger partial charge is 0.489 e. The van der Waals surface area contributed by atoms with E-state index >= 15 is 0 Å². The van der Waals surface area contributed by atoms with Crippen LogP contribution in [0.25, 0.3) is 0 Å². The van der Waals surface area contributed by atoms with Gasteiger partial charge < -0.3 is 14.2 Å². The fourth-order valence-corrected chi connectivity index (χ4v) is 3.46. The first-order valence-electron chi connectivity index (χ1n) is 9.50. The van der Waals surface area contributed by atoms with E-state index in [1.165, 1.54) is 5.56 Å². The summed E-state index contributed by atoms with van der Waals surface area (Å²) in [6.07, 6.45) is 3.26. The molecule has 0 aromatic heterocycles. The lowest BCUT2D eigenvalue weighted by atomic mass is 10.1. The van der Waals surface area contributed by atoms with Crippen LogP contribution in [0, 0.1) is 0 Å². The summed E-state index contributed by atoms with van der Waals surface area (Å²) in [5, 5.41) is 0.536. The normalized spacial score (nSPS) is 12.3. The fourth-order valence-electron chi connectivity index (χ4n) is 2.70. The van der Waals surface area contributed by atoms with E-state index in [0.29, 0.717) is 23.4 Å². The van der Waals surface area contributed by atoms with Crippen molar-refractivity contribution in [1.82, 2.24) is 0 Å². The molecule has 28 heavy (non-hydrogen) atoms. The van der Waals surface area contributed by atoms with Gasteiger partial charge in [-0.25, -0.2) is 4.79 Å². The van der Waals surface area contributed by atoms with Crippen molar-refractivity contribution in [3.05, 3.63) is 59.7 Å². The Morgan fingerprint density at radius 1 is 1.04 bits per heavy atom. The highest BCUT2D eigenvalue weighted by atomic mass is 32.2. The van der Waals surface area contributed by atoms with Crippen LogP contribution in [0.15, 0.2) is 48.5 Å². The van der Waals surface area contributed by atoms with Crippen molar-refractivity contribution in [1.29, 1.82) is 0 Å². The minimum atomic E-state index is -0.520. The van der Waals surface area contributed by atoms with Crippen molar-refractivity contribution >= 4 is 17.7 Å². The van der Waals surface area contributed by atoms with Gasteiger partial charge >= 0.3 is 5.97 Å². The smallest absolute Gasteiger partial charge is 0.344 e. The maximum absolute atomic E-state index is 11.8. The molecule has 0 bridgehead atoms. The van der Waals surface area contributed by atoms with Crippen LogP contribution in [0.1, 0.15) is 50.5 Å². The zero-order chi connectivity index (χ0) is 20.6. The highest BCUT2D eigenvalue weighted by Gasteiger charge is 2.16. The second-order valence-corrected chi connectivity index (χ2v) is 8.55. The van der Waals surface area contributed by atoms with Crippen LogP contribution in [0.2, 0.25) is 0 Å². The summed E-state index contributed by atoms with van der Waals surface area (Å²) in [4.78, 5) is 11.8. The topological polar surface area (TPSA) is 44.8 Å². The van der Waals surface area contributed by atoms with Crippen LogP contribution in [0.3, 0.4) is 0 Å². The predicted octanol–water partition coefficient (Wildman–Crippen LogP) is 5.80. The van der Waals surface area contributed by atoms with E-state index in [-0.39, 0.29) is 6.61 Å². The van der Waals surface area contributed by atoms with Crippen molar-refractivity contribution in [3.8, 4) is 11.5 Å². The van der Waals surface area contributed by atoms with Crippen molar-refractivity contribution in [2.75, 3.05) is 12.9 Å². The molecule has 0 N–H and O–H groups in total. The van der Waals surface area contributed by atoms with Crippen LogP contribution in [-0.2, 0) is 16.1 Å². The molecule has 5 heteroatoms. The quantitative estimate of drug-likeness (QED) is 0.496. The van der Waals surface area contributed by atoms with Gasteiger partial charge in [0.2, 0.25) is 0 Å². The van der Waals surface area contributed by atoms with Crippen molar-refractivity contribution in [3.63, 3.8) is 0 Å². The first-order valence-corrected chi connectivity index (χ1v) is 10.8. The zero-order valence-corrected chi connectivity index (χ0v) is 18.2. The fraction of sp³-hybridized carbons (Fsp3) is 0.435. The van der Waals surface area contributed by atoms with Gasteiger partial charge in [-0.2, -0.15) is 11.8 Å². The first-order chi connectivity index (χ1) is 13.3. The van der Waals surface area contributed by atoms with E-state index in [1.54, 1.807) is 12.1 Å². The number of carbonyl (C=O) groups is 1. The summed E-state index contributed by atoms with van der Waals surface area (Å²) in [6, 6.07) is 15.8. The van der Waals surface area contributed by atoms with Gasteiger partial charge in [0.05, 0.1) is 0 Å². The van der Waals surface area contributed by atoms with E-state index in [4.69, 9.17) is 14.2 Å². The molecule has 0 amide bonds. The summed E-state index contributed by atoms with van der Waals surface area (Å²) >= 11 is 1.87. The molecule has 0 aliphatic heterocycles. The van der Waals surface area contributed by atoms with Gasteiger partial charge in [0.1, 0.15) is 23.7 Å². The van der Waals surface area contributed by atoms with Gasteiger partial charge in [-0.3, -0.25) is 0 Å². The summed E-state index contributed by atoms with van der Waals surface area (Å²) in [7, 11) is 0. The molecule has 0 aliphatic carbocycles. The molecule has 2 aromatic carbocycles. The molecule has 0 saturated carbocycles. The monoisotopic (exact) mass is 402 g/mol. The Morgan fingerprint density at radius 2 is 1.68 bits per heavy atom. The Balaban J connectivity index is 1.88. The predicted molar refractivity (Wildman–Crippen MR) is 115 cm³/mol. The Hall–Kier alpha value is -2.14. The molecule has 0 aliphatic rings. The SMILES string of the molecule is CCC(SC)c1ccc(COc2cccc(OCC(=O)OC(C)(C)C)c2)cc1. The minimum absolute atomic E-state index is 0.129. The van der Waals surface area contributed by atoms with Gasteiger partial charge in [-0.1, -0.05) is 37.3 Å². The Morgan fingerprint density at radius 3 is 2.25 bits per heavy atom. The number of rotatable bonds is 9. The molecule has 0 radical (unpaired) electrons. The Bertz CT molecular complexity index is 746. The summed E-state index contributed by atoms with van der Waals surface area (Å²) < 4.78 is 16.6. The van der Waals surface area contributed by atoms with Gasteiger partial charge in [0.15, 0.2) is 6.61 Å². The third-order valence-corrected chi connectivity index (χ3v) is 5.17. The number of ether oxygens (including phenoxy) is 3. The highest BCUT2D eigenvalue weighted by Crippen LogP contribution is 2.29. The average Bonchev–Trinajstić information content (AvgIpc) is 2.66. The molecule has 0 heterocycles. The van der Waals surface area contributed by atoms with Crippen LogP contribution in [0.4, 0.5) is 0 Å². The van der Waals surface area contributed by atoms with E-state index < -0.39 is 11.6 Å². The molecule has 0 spiro atoms. The number of hydrogen-bond acceptors (Lipinski definition) is 5. The lowest BCUT2D eigenvalue weighted by molar-refractivity contribution is -0.157. The molecule has 0 fully saturated rings. The lowest BCUT2D eigenvalue weighted by Crippen LogP contribution is -2.27. The minimum Gasteiger partial charge on any atom is -0.489 e. The first kappa shape index (κ1) is 22.2. The number of thioether (sulfide) groups is 1. The van der Waals surface area contributed by atoms with E-state index in [0.717, 1.165) is 12.0 Å². The number of carbonyl (C=O) groups excluding carboxylic acids is 1. The molecular formula is C23H30O4S. The second kappa shape index (κ2) is 10.4. The summed E-state index contributed by atoms with van der Waals surface area (Å²) in [6.45, 7) is 8.04. The third kappa shape index (κ3) is 7.47. The zero-order valence-electron chi connectivity index (χ0n) is 17.4. The summed E-state index contributed by atoms with van der Waals surface area (Å²) in [5.74, 6) is 0.875. The van der Waals surface area contributed by atoms with Crippen molar-refractivity contribution in [2.45, 2.75) is 51.6 Å². The van der Waals surface area contributed by atoms with E-state index in [2.05, 4.69) is 37.4 Å². The lowest BCUT2D eigenvalue weighted by Gasteiger charge is -2.19. The molecule has 2 rings (SSSR count). The van der Waals surface area contributed by atoms with Crippen molar-refractivity contribution in [2.24, 2.45) is 0 Å². The maximum Gasteiger partial charge on any atom is 0.344 e. The maximum atomic E-state index is 11.8. The Labute approximate surface area is 172 Å². The van der Waals surface area contributed by atoms with Gasteiger partial charge in [0, 0.05) is 11.3 Å². The third-order valence-electron chi connectivity index (χ3n) is 3.99. The molecule has 2 aromatic rings.